The summed E-state index contributed by atoms with van der Waals surface area (Å²) in [6.07, 6.45) is 2.31. The standard InChI is InChI=1S/C15H14ClFN2O2/c16-14-13(8-11(17)9-18-14)15(21)19-12-5-1-3-10(7-12)4-2-6-20/h1,3,5,7-9,20H,2,4,6H2,(H,19,21). The van der Waals surface area contributed by atoms with Crippen LogP contribution in [0.15, 0.2) is 36.5 Å². The zero-order valence-corrected chi connectivity index (χ0v) is 11.9. The number of halogens is 2. The molecular weight excluding hydrogens is 295 g/mol. The number of nitrogens with zero attached hydrogens (tertiary/aromatic N) is 1. The van der Waals surface area contributed by atoms with E-state index in [0.717, 1.165) is 17.8 Å². The molecule has 1 aromatic carbocycles. The molecule has 0 saturated heterocycles. The lowest BCUT2D eigenvalue weighted by atomic mass is 10.1. The minimum absolute atomic E-state index is 0.0163. The summed E-state index contributed by atoms with van der Waals surface area (Å²) in [4.78, 5) is 15.7. The summed E-state index contributed by atoms with van der Waals surface area (Å²) in [5, 5.41) is 11.4. The summed E-state index contributed by atoms with van der Waals surface area (Å²) in [6.45, 7) is 0.112. The Morgan fingerprint density at radius 2 is 2.19 bits per heavy atom. The molecule has 2 N–H and O–H groups in total. The predicted octanol–water partition coefficient (Wildman–Crippen LogP) is 3.05. The average molecular weight is 309 g/mol. The van der Waals surface area contributed by atoms with E-state index in [-0.39, 0.29) is 17.3 Å². The Morgan fingerprint density at radius 3 is 2.95 bits per heavy atom. The number of amides is 1. The first-order valence-electron chi connectivity index (χ1n) is 6.42. The van der Waals surface area contributed by atoms with Crippen molar-refractivity contribution in [3.63, 3.8) is 0 Å². The molecule has 0 aliphatic rings. The summed E-state index contributed by atoms with van der Waals surface area (Å²) in [6, 6.07) is 8.27. The molecule has 1 heterocycles. The van der Waals surface area contributed by atoms with Gasteiger partial charge in [0.15, 0.2) is 0 Å². The lowest BCUT2D eigenvalue weighted by molar-refractivity contribution is 0.102. The molecule has 0 atom stereocenters. The summed E-state index contributed by atoms with van der Waals surface area (Å²) < 4.78 is 13.1. The van der Waals surface area contributed by atoms with Gasteiger partial charge in [0.1, 0.15) is 11.0 Å². The molecule has 0 saturated carbocycles. The second-order valence-electron chi connectivity index (χ2n) is 4.47. The van der Waals surface area contributed by atoms with Gasteiger partial charge in [-0.25, -0.2) is 9.37 Å². The van der Waals surface area contributed by atoms with Gasteiger partial charge in [0.25, 0.3) is 5.91 Å². The Morgan fingerprint density at radius 1 is 1.38 bits per heavy atom. The van der Waals surface area contributed by atoms with Crippen LogP contribution in [0.4, 0.5) is 10.1 Å². The lowest BCUT2D eigenvalue weighted by Gasteiger charge is -2.08. The van der Waals surface area contributed by atoms with Gasteiger partial charge in [0.2, 0.25) is 0 Å². The minimum atomic E-state index is -0.624. The van der Waals surface area contributed by atoms with Gasteiger partial charge in [-0.2, -0.15) is 0 Å². The number of benzene rings is 1. The summed E-state index contributed by atoms with van der Waals surface area (Å²) in [5.41, 5.74) is 1.55. The number of carbonyl (C=O) groups is 1. The first-order valence-corrected chi connectivity index (χ1v) is 6.80. The molecule has 110 valence electrons. The molecule has 0 unspecified atom stereocenters. The van der Waals surface area contributed by atoms with Crippen LogP contribution in [0.5, 0.6) is 0 Å². The van der Waals surface area contributed by atoms with E-state index < -0.39 is 11.7 Å². The van der Waals surface area contributed by atoms with Crippen molar-refractivity contribution in [2.75, 3.05) is 11.9 Å². The fourth-order valence-corrected chi connectivity index (χ4v) is 2.06. The SMILES string of the molecule is O=C(Nc1cccc(CCCO)c1)c1cc(F)cnc1Cl. The van der Waals surface area contributed by atoms with Crippen LogP contribution in [0.25, 0.3) is 0 Å². The number of rotatable bonds is 5. The fourth-order valence-electron chi connectivity index (χ4n) is 1.87. The molecule has 4 nitrogen and oxygen atoms in total. The van der Waals surface area contributed by atoms with E-state index in [4.69, 9.17) is 16.7 Å². The van der Waals surface area contributed by atoms with Crippen LogP contribution in [-0.2, 0) is 6.42 Å². The van der Waals surface area contributed by atoms with Crippen LogP contribution in [0.2, 0.25) is 5.15 Å². The van der Waals surface area contributed by atoms with Gasteiger partial charge in [0.05, 0.1) is 11.8 Å². The molecule has 0 aliphatic heterocycles. The number of anilines is 1. The molecule has 0 bridgehead atoms. The first-order chi connectivity index (χ1) is 10.1. The summed E-state index contributed by atoms with van der Waals surface area (Å²) in [5.74, 6) is -1.15. The minimum Gasteiger partial charge on any atom is -0.396 e. The molecule has 1 amide bonds. The highest BCUT2D eigenvalue weighted by Gasteiger charge is 2.13. The maximum Gasteiger partial charge on any atom is 0.258 e. The van der Waals surface area contributed by atoms with Crippen LogP contribution in [0, 0.1) is 5.82 Å². The third-order valence-electron chi connectivity index (χ3n) is 2.86. The molecule has 6 heteroatoms. The maximum atomic E-state index is 13.1. The number of carbonyl (C=O) groups excluding carboxylic acids is 1. The fraction of sp³-hybridized carbons (Fsp3) is 0.200. The van der Waals surface area contributed by atoms with Crippen LogP contribution >= 0.6 is 11.6 Å². The topological polar surface area (TPSA) is 62.2 Å². The van der Waals surface area contributed by atoms with Crippen molar-refractivity contribution in [3.8, 4) is 0 Å². The van der Waals surface area contributed by atoms with Crippen LogP contribution in [0.3, 0.4) is 0 Å². The van der Waals surface area contributed by atoms with Crippen molar-refractivity contribution in [3.05, 3.63) is 58.6 Å². The Balaban J connectivity index is 2.14. The molecule has 0 fully saturated rings. The number of nitrogens with one attached hydrogen (secondary N) is 1. The third kappa shape index (κ3) is 4.24. The number of aryl methyl sites for hydroxylation is 1. The molecule has 0 spiro atoms. The zero-order valence-electron chi connectivity index (χ0n) is 11.1. The summed E-state index contributed by atoms with van der Waals surface area (Å²) >= 11 is 5.79. The highest BCUT2D eigenvalue weighted by molar-refractivity contribution is 6.33. The van der Waals surface area contributed by atoms with E-state index >= 15 is 0 Å². The van der Waals surface area contributed by atoms with E-state index in [0.29, 0.717) is 18.5 Å². The number of hydrogen-bond acceptors (Lipinski definition) is 3. The molecule has 1 aromatic heterocycles. The van der Waals surface area contributed by atoms with Crippen molar-refractivity contribution in [1.29, 1.82) is 0 Å². The van der Waals surface area contributed by atoms with Crippen molar-refractivity contribution in [1.82, 2.24) is 4.98 Å². The second kappa shape index (κ2) is 7.15. The zero-order chi connectivity index (χ0) is 15.2. The third-order valence-corrected chi connectivity index (χ3v) is 3.16. The monoisotopic (exact) mass is 308 g/mol. The number of hydrogen-bond donors (Lipinski definition) is 2. The number of aliphatic hydroxyl groups excluding tert-OH is 1. The van der Waals surface area contributed by atoms with Gasteiger partial charge in [0, 0.05) is 12.3 Å². The number of aliphatic hydroxyl groups is 1. The molecule has 0 radical (unpaired) electrons. The van der Waals surface area contributed by atoms with Gasteiger partial charge in [-0.15, -0.1) is 0 Å². The Hall–Kier alpha value is -1.98. The first kappa shape index (κ1) is 15.4. The lowest BCUT2D eigenvalue weighted by Crippen LogP contribution is -2.13. The summed E-state index contributed by atoms with van der Waals surface area (Å²) in [7, 11) is 0. The quantitative estimate of drug-likeness (QED) is 0.835. The normalized spacial score (nSPS) is 10.4. The van der Waals surface area contributed by atoms with Crippen LogP contribution < -0.4 is 5.32 Å². The van der Waals surface area contributed by atoms with Crippen molar-refractivity contribution in [2.24, 2.45) is 0 Å². The largest absolute Gasteiger partial charge is 0.396 e. The predicted molar refractivity (Wildman–Crippen MR) is 79.0 cm³/mol. The van der Waals surface area contributed by atoms with E-state index in [1.54, 1.807) is 18.2 Å². The average Bonchev–Trinajstić information content (AvgIpc) is 2.48. The molecule has 21 heavy (non-hydrogen) atoms. The highest BCUT2D eigenvalue weighted by atomic mass is 35.5. The van der Waals surface area contributed by atoms with Gasteiger partial charge >= 0.3 is 0 Å². The molecule has 2 aromatic rings. The highest BCUT2D eigenvalue weighted by Crippen LogP contribution is 2.17. The molecule has 2 rings (SSSR count). The smallest absolute Gasteiger partial charge is 0.258 e. The molecule has 0 aliphatic carbocycles. The number of pyridine rings is 1. The van der Waals surface area contributed by atoms with Crippen molar-refractivity contribution >= 4 is 23.2 Å². The Kier molecular flexibility index (Phi) is 5.25. The van der Waals surface area contributed by atoms with E-state index in [9.17, 15) is 9.18 Å². The van der Waals surface area contributed by atoms with Gasteiger partial charge in [-0.05, 0) is 36.6 Å². The van der Waals surface area contributed by atoms with Gasteiger partial charge < -0.3 is 10.4 Å². The Bertz CT molecular complexity index is 649. The van der Waals surface area contributed by atoms with Crippen LogP contribution in [0.1, 0.15) is 22.3 Å². The van der Waals surface area contributed by atoms with E-state index in [1.807, 2.05) is 6.07 Å². The van der Waals surface area contributed by atoms with E-state index in [1.165, 1.54) is 0 Å². The molecular formula is C15H14ClFN2O2. The van der Waals surface area contributed by atoms with Crippen molar-refractivity contribution in [2.45, 2.75) is 12.8 Å². The van der Waals surface area contributed by atoms with E-state index in [2.05, 4.69) is 10.3 Å². The second-order valence-corrected chi connectivity index (χ2v) is 4.83. The maximum absolute atomic E-state index is 13.1. The van der Waals surface area contributed by atoms with Crippen molar-refractivity contribution < 1.29 is 14.3 Å². The van der Waals surface area contributed by atoms with Gasteiger partial charge in [-0.1, -0.05) is 23.7 Å². The van der Waals surface area contributed by atoms with Crippen LogP contribution in [-0.4, -0.2) is 22.6 Å². The van der Waals surface area contributed by atoms with Gasteiger partial charge in [-0.3, -0.25) is 4.79 Å². The Labute approximate surface area is 126 Å². The number of aromatic nitrogens is 1.